The fraction of sp³-hybridized carbons (Fsp3) is 0.417. The molecule has 1 unspecified atom stereocenters. The van der Waals surface area contributed by atoms with E-state index in [0.717, 1.165) is 18.7 Å². The van der Waals surface area contributed by atoms with Gasteiger partial charge in [-0.1, -0.05) is 30.3 Å². The summed E-state index contributed by atoms with van der Waals surface area (Å²) in [5.41, 5.74) is 3.25. The van der Waals surface area contributed by atoms with E-state index in [-0.39, 0.29) is 24.1 Å². The molecule has 2 amide bonds. The highest BCUT2D eigenvalue weighted by molar-refractivity contribution is 5.89. The molecule has 0 spiro atoms. The van der Waals surface area contributed by atoms with Crippen molar-refractivity contribution in [1.29, 1.82) is 0 Å². The van der Waals surface area contributed by atoms with Gasteiger partial charge in [0, 0.05) is 51.5 Å². The number of carbonyl (C=O) groups is 2. The Morgan fingerprint density at radius 3 is 2.58 bits per heavy atom. The fourth-order valence-corrected chi connectivity index (χ4v) is 4.45. The lowest BCUT2D eigenvalue weighted by Gasteiger charge is -2.39. The number of amides is 2. The molecule has 164 valence electrons. The van der Waals surface area contributed by atoms with Crippen LogP contribution < -0.4 is 10.2 Å². The summed E-state index contributed by atoms with van der Waals surface area (Å²) < 4.78 is 13.6. The summed E-state index contributed by atoms with van der Waals surface area (Å²) in [7, 11) is 0. The van der Waals surface area contributed by atoms with Gasteiger partial charge in [0.1, 0.15) is 5.82 Å². The molecule has 6 nitrogen and oxygen atoms in total. The number of nitrogens with one attached hydrogen (secondary N) is 1. The van der Waals surface area contributed by atoms with Gasteiger partial charge in [0.2, 0.25) is 11.8 Å². The van der Waals surface area contributed by atoms with Gasteiger partial charge in [0.05, 0.1) is 12.5 Å². The highest BCUT2D eigenvalue weighted by Crippen LogP contribution is 2.22. The van der Waals surface area contributed by atoms with Crippen LogP contribution >= 0.6 is 0 Å². The second-order valence-electron chi connectivity index (χ2n) is 8.27. The van der Waals surface area contributed by atoms with E-state index in [9.17, 15) is 14.0 Å². The summed E-state index contributed by atoms with van der Waals surface area (Å²) >= 11 is 0. The van der Waals surface area contributed by atoms with Crippen molar-refractivity contribution in [3.63, 3.8) is 0 Å². The lowest BCUT2D eigenvalue weighted by Crippen LogP contribution is -2.57. The fourth-order valence-electron chi connectivity index (χ4n) is 4.45. The van der Waals surface area contributed by atoms with Gasteiger partial charge in [-0.05, 0) is 36.2 Å². The summed E-state index contributed by atoms with van der Waals surface area (Å²) in [5.74, 6) is -0.427. The van der Waals surface area contributed by atoms with E-state index in [1.54, 1.807) is 6.07 Å². The zero-order valence-corrected chi connectivity index (χ0v) is 17.9. The van der Waals surface area contributed by atoms with Gasteiger partial charge in [-0.25, -0.2) is 4.39 Å². The molecule has 4 rings (SSSR count). The highest BCUT2D eigenvalue weighted by atomic mass is 19.1. The topological polar surface area (TPSA) is 55.9 Å². The van der Waals surface area contributed by atoms with E-state index in [0.29, 0.717) is 32.7 Å². The van der Waals surface area contributed by atoms with Gasteiger partial charge < -0.3 is 15.1 Å². The molecule has 2 aromatic carbocycles. The third-order valence-corrected chi connectivity index (χ3v) is 6.17. The molecule has 2 aliphatic heterocycles. The van der Waals surface area contributed by atoms with Crippen LogP contribution in [0.4, 0.5) is 10.1 Å². The normalized spacial score (nSPS) is 19.9. The Kier molecular flexibility index (Phi) is 6.51. The third-order valence-electron chi connectivity index (χ3n) is 6.17. The van der Waals surface area contributed by atoms with Crippen LogP contribution in [0.3, 0.4) is 0 Å². The van der Waals surface area contributed by atoms with E-state index in [1.807, 2.05) is 28.0 Å². The van der Waals surface area contributed by atoms with Crippen molar-refractivity contribution in [2.75, 3.05) is 44.2 Å². The molecule has 0 aromatic heterocycles. The molecule has 0 radical (unpaired) electrons. The van der Waals surface area contributed by atoms with Crippen molar-refractivity contribution in [1.82, 2.24) is 15.1 Å². The number of hydrogen-bond donors (Lipinski definition) is 1. The van der Waals surface area contributed by atoms with Crippen molar-refractivity contribution in [2.45, 2.75) is 25.9 Å². The molecular formula is C24H29FN4O2. The summed E-state index contributed by atoms with van der Waals surface area (Å²) in [4.78, 5) is 31.7. The SMILES string of the molecule is Cc1ccccc1N1CCN(C(=O)CC2C(=O)NCCN2Cc2cccc(F)c2)CC1. The first-order chi connectivity index (χ1) is 15.0. The summed E-state index contributed by atoms with van der Waals surface area (Å²) in [6, 6.07) is 14.2. The quantitative estimate of drug-likeness (QED) is 0.800. The molecule has 31 heavy (non-hydrogen) atoms. The van der Waals surface area contributed by atoms with Crippen molar-refractivity contribution in [3.05, 3.63) is 65.5 Å². The minimum atomic E-state index is -0.529. The highest BCUT2D eigenvalue weighted by Gasteiger charge is 2.33. The molecule has 2 fully saturated rings. The van der Waals surface area contributed by atoms with Crippen LogP contribution in [-0.2, 0) is 16.1 Å². The molecule has 2 heterocycles. The molecular weight excluding hydrogens is 395 g/mol. The predicted octanol–water partition coefficient (Wildman–Crippen LogP) is 2.17. The molecule has 0 bridgehead atoms. The number of benzene rings is 2. The molecule has 0 aliphatic carbocycles. The van der Waals surface area contributed by atoms with Crippen LogP contribution in [0.15, 0.2) is 48.5 Å². The van der Waals surface area contributed by atoms with E-state index >= 15 is 0 Å². The molecule has 2 aliphatic rings. The average Bonchev–Trinajstić information content (AvgIpc) is 2.76. The van der Waals surface area contributed by atoms with Gasteiger partial charge in [-0.2, -0.15) is 0 Å². The predicted molar refractivity (Wildman–Crippen MR) is 118 cm³/mol. The standard InChI is InChI=1S/C24H29FN4O2/c1-18-5-2-3-8-21(18)27-11-13-28(14-12-27)23(30)16-22-24(31)26-9-10-29(22)17-19-6-4-7-20(25)15-19/h2-8,15,22H,9-14,16-17H2,1H3,(H,26,31). The van der Waals surface area contributed by atoms with Crippen LogP contribution in [0.25, 0.3) is 0 Å². The van der Waals surface area contributed by atoms with Crippen molar-refractivity contribution in [3.8, 4) is 0 Å². The van der Waals surface area contributed by atoms with E-state index in [1.165, 1.54) is 23.4 Å². The van der Waals surface area contributed by atoms with Crippen LogP contribution in [0.2, 0.25) is 0 Å². The Morgan fingerprint density at radius 1 is 1.06 bits per heavy atom. The maximum Gasteiger partial charge on any atom is 0.237 e. The van der Waals surface area contributed by atoms with E-state index in [2.05, 4.69) is 29.3 Å². The molecule has 0 saturated carbocycles. The van der Waals surface area contributed by atoms with Gasteiger partial charge >= 0.3 is 0 Å². The second kappa shape index (κ2) is 9.47. The Labute approximate surface area is 182 Å². The van der Waals surface area contributed by atoms with Crippen LogP contribution in [-0.4, -0.2) is 66.9 Å². The largest absolute Gasteiger partial charge is 0.368 e. The molecule has 7 heteroatoms. The zero-order valence-electron chi connectivity index (χ0n) is 17.9. The maximum atomic E-state index is 13.6. The number of hydrogen-bond acceptors (Lipinski definition) is 4. The van der Waals surface area contributed by atoms with Gasteiger partial charge in [-0.15, -0.1) is 0 Å². The minimum Gasteiger partial charge on any atom is -0.368 e. The monoisotopic (exact) mass is 424 g/mol. The van der Waals surface area contributed by atoms with Crippen LogP contribution in [0, 0.1) is 12.7 Å². The van der Waals surface area contributed by atoms with Crippen molar-refractivity contribution >= 4 is 17.5 Å². The van der Waals surface area contributed by atoms with Crippen molar-refractivity contribution in [2.24, 2.45) is 0 Å². The Morgan fingerprint density at radius 2 is 1.84 bits per heavy atom. The van der Waals surface area contributed by atoms with E-state index < -0.39 is 6.04 Å². The maximum absolute atomic E-state index is 13.6. The number of carbonyl (C=O) groups excluding carboxylic acids is 2. The summed E-state index contributed by atoms with van der Waals surface area (Å²) in [5, 5.41) is 2.87. The molecule has 1 atom stereocenters. The first-order valence-corrected chi connectivity index (χ1v) is 10.9. The number of halogens is 1. The third kappa shape index (κ3) is 5.05. The summed E-state index contributed by atoms with van der Waals surface area (Å²) in [6.45, 7) is 6.57. The first kappa shape index (κ1) is 21.3. The van der Waals surface area contributed by atoms with E-state index in [4.69, 9.17) is 0 Å². The number of piperazine rings is 2. The average molecular weight is 425 g/mol. The number of nitrogens with zero attached hydrogens (tertiary/aromatic N) is 3. The second-order valence-corrected chi connectivity index (χ2v) is 8.27. The Bertz CT molecular complexity index is 943. The van der Waals surface area contributed by atoms with Gasteiger partial charge in [0.25, 0.3) is 0 Å². The molecule has 2 aromatic rings. The minimum absolute atomic E-state index is 0.00396. The molecule has 1 N–H and O–H groups in total. The smallest absolute Gasteiger partial charge is 0.237 e. The number of aryl methyl sites for hydroxylation is 1. The van der Waals surface area contributed by atoms with Crippen LogP contribution in [0.1, 0.15) is 17.5 Å². The van der Waals surface area contributed by atoms with Crippen molar-refractivity contribution < 1.29 is 14.0 Å². The van der Waals surface area contributed by atoms with Crippen LogP contribution in [0.5, 0.6) is 0 Å². The lowest BCUT2D eigenvalue weighted by atomic mass is 10.1. The van der Waals surface area contributed by atoms with Gasteiger partial charge in [0.15, 0.2) is 0 Å². The lowest BCUT2D eigenvalue weighted by molar-refractivity contribution is -0.139. The number of rotatable bonds is 5. The number of para-hydroxylation sites is 1. The number of anilines is 1. The Hall–Kier alpha value is -2.93. The summed E-state index contributed by atoms with van der Waals surface area (Å²) in [6.07, 6.45) is 0.144. The molecule has 2 saturated heterocycles. The zero-order chi connectivity index (χ0) is 21.8. The first-order valence-electron chi connectivity index (χ1n) is 10.9. The Balaban J connectivity index is 1.37. The van der Waals surface area contributed by atoms with Gasteiger partial charge in [-0.3, -0.25) is 14.5 Å².